The molecule has 0 saturated heterocycles. The molecule has 0 aliphatic heterocycles. The van der Waals surface area contributed by atoms with E-state index in [1.807, 2.05) is 18.8 Å². The Hall–Kier alpha value is -0.670. The van der Waals surface area contributed by atoms with Crippen molar-refractivity contribution in [1.82, 2.24) is 10.2 Å². The summed E-state index contributed by atoms with van der Waals surface area (Å²) in [5, 5.41) is 2.78. The second-order valence-electron chi connectivity index (χ2n) is 5.71. The van der Waals surface area contributed by atoms with Crippen molar-refractivity contribution in [2.24, 2.45) is 0 Å². The molecule has 0 atom stereocenters. The van der Waals surface area contributed by atoms with Gasteiger partial charge in [0, 0.05) is 38.9 Å². The van der Waals surface area contributed by atoms with Gasteiger partial charge in [-0.1, -0.05) is 0 Å². The molecule has 0 radical (unpaired) electrons. The minimum Gasteiger partial charge on any atom is -0.354 e. The molecular weight excluding hydrogens is 392 g/mol. The Bertz CT molecular complexity index is 437. The summed E-state index contributed by atoms with van der Waals surface area (Å²) in [6.07, 6.45) is 7.05. The lowest BCUT2D eigenvalue weighted by Crippen LogP contribution is -2.39. The van der Waals surface area contributed by atoms with Crippen LogP contribution in [0.5, 0.6) is 0 Å². The van der Waals surface area contributed by atoms with Gasteiger partial charge in [-0.2, -0.15) is 35.3 Å². The van der Waals surface area contributed by atoms with E-state index in [1.54, 1.807) is 4.90 Å². The molecule has 0 aromatic rings. The topological polar surface area (TPSA) is 83.6 Å². The monoisotopic (exact) mass is 422 g/mol. The van der Waals surface area contributed by atoms with E-state index in [2.05, 4.69) is 5.32 Å². The number of thioether (sulfide) groups is 3. The van der Waals surface area contributed by atoms with E-state index in [0.717, 1.165) is 0 Å². The highest BCUT2D eigenvalue weighted by atomic mass is 32.2. The fraction of sp³-hybridized carbons (Fsp3) is 0.765. The standard InChI is InChI=1S/C17H30N2O4S3/c1-24-11-14(20)5-4-9-19(10-8-18-16(22)13-26-3)17(23)7-6-15(21)12-25-2/h4-13H2,1-3H3,(H,18,22). The number of rotatable bonds is 16. The maximum absolute atomic E-state index is 12.4. The molecule has 26 heavy (non-hydrogen) atoms. The molecule has 0 aromatic carbocycles. The quantitative estimate of drug-likeness (QED) is 0.405. The van der Waals surface area contributed by atoms with E-state index in [9.17, 15) is 19.2 Å². The van der Waals surface area contributed by atoms with Crippen molar-refractivity contribution in [3.05, 3.63) is 0 Å². The number of nitrogens with zero attached hydrogens (tertiary/aromatic N) is 1. The van der Waals surface area contributed by atoms with Crippen LogP contribution >= 0.6 is 35.3 Å². The zero-order chi connectivity index (χ0) is 19.8. The second kappa shape index (κ2) is 16.5. The fourth-order valence-corrected chi connectivity index (χ4v) is 3.51. The summed E-state index contributed by atoms with van der Waals surface area (Å²) >= 11 is 4.38. The summed E-state index contributed by atoms with van der Waals surface area (Å²) in [6, 6.07) is 0. The Labute approximate surface area is 169 Å². The van der Waals surface area contributed by atoms with Crippen LogP contribution in [0.4, 0.5) is 0 Å². The first-order chi connectivity index (χ1) is 12.4. The van der Waals surface area contributed by atoms with Gasteiger partial charge in [0.15, 0.2) is 0 Å². The van der Waals surface area contributed by atoms with Crippen molar-refractivity contribution >= 4 is 58.7 Å². The highest BCUT2D eigenvalue weighted by Crippen LogP contribution is 2.05. The van der Waals surface area contributed by atoms with E-state index in [0.29, 0.717) is 49.7 Å². The zero-order valence-corrected chi connectivity index (χ0v) is 18.3. The SMILES string of the molecule is CSCC(=O)CCCN(CCNC(=O)CSC)C(=O)CCC(=O)CSC. The average Bonchev–Trinajstić information content (AvgIpc) is 2.59. The van der Waals surface area contributed by atoms with E-state index >= 15 is 0 Å². The van der Waals surface area contributed by atoms with Gasteiger partial charge in [0.1, 0.15) is 11.6 Å². The molecule has 1 N–H and O–H groups in total. The van der Waals surface area contributed by atoms with Gasteiger partial charge in [-0.05, 0) is 25.2 Å². The third kappa shape index (κ3) is 13.5. The molecule has 0 aliphatic carbocycles. The zero-order valence-electron chi connectivity index (χ0n) is 15.9. The summed E-state index contributed by atoms with van der Waals surface area (Å²) < 4.78 is 0. The number of carbonyl (C=O) groups is 4. The van der Waals surface area contributed by atoms with Crippen molar-refractivity contribution in [1.29, 1.82) is 0 Å². The third-order valence-corrected chi connectivity index (χ3v) is 5.22. The molecule has 9 heteroatoms. The Morgan fingerprint density at radius 1 is 0.769 bits per heavy atom. The molecule has 0 heterocycles. The Kier molecular flexibility index (Phi) is 16.1. The van der Waals surface area contributed by atoms with E-state index in [-0.39, 0.29) is 36.2 Å². The molecular formula is C17H30N2O4S3. The van der Waals surface area contributed by atoms with Gasteiger partial charge in [0.25, 0.3) is 0 Å². The first-order valence-corrected chi connectivity index (χ1v) is 12.7. The van der Waals surface area contributed by atoms with Crippen LogP contribution in [0.25, 0.3) is 0 Å². The first-order valence-electron chi connectivity index (χ1n) is 8.49. The van der Waals surface area contributed by atoms with Gasteiger partial charge < -0.3 is 10.2 Å². The second-order valence-corrected chi connectivity index (χ2v) is 8.31. The van der Waals surface area contributed by atoms with Gasteiger partial charge in [0.05, 0.1) is 17.3 Å². The van der Waals surface area contributed by atoms with Gasteiger partial charge in [-0.25, -0.2) is 0 Å². The average molecular weight is 423 g/mol. The van der Waals surface area contributed by atoms with Gasteiger partial charge in [-0.3, -0.25) is 19.2 Å². The van der Waals surface area contributed by atoms with Crippen LogP contribution in [0.2, 0.25) is 0 Å². The summed E-state index contributed by atoms with van der Waals surface area (Å²) in [4.78, 5) is 48.8. The molecule has 0 unspecified atom stereocenters. The van der Waals surface area contributed by atoms with Crippen LogP contribution < -0.4 is 5.32 Å². The Morgan fingerprint density at radius 2 is 1.35 bits per heavy atom. The van der Waals surface area contributed by atoms with Crippen LogP contribution in [-0.2, 0) is 19.2 Å². The third-order valence-electron chi connectivity index (χ3n) is 3.44. The van der Waals surface area contributed by atoms with Crippen LogP contribution in [-0.4, -0.2) is 83.9 Å². The van der Waals surface area contributed by atoms with Crippen LogP contribution in [0.3, 0.4) is 0 Å². The molecule has 0 spiro atoms. The minimum absolute atomic E-state index is 0.0600. The number of Topliss-reactive ketones (excluding diaryl/α,β-unsaturated/α-hetero) is 2. The van der Waals surface area contributed by atoms with Crippen LogP contribution in [0.15, 0.2) is 0 Å². The molecule has 0 bridgehead atoms. The maximum atomic E-state index is 12.4. The maximum Gasteiger partial charge on any atom is 0.230 e. The van der Waals surface area contributed by atoms with Crippen molar-refractivity contribution in [3.8, 4) is 0 Å². The summed E-state index contributed by atoms with van der Waals surface area (Å²) in [5.74, 6) is 1.37. The lowest BCUT2D eigenvalue weighted by atomic mass is 10.2. The number of ketones is 2. The van der Waals surface area contributed by atoms with Crippen molar-refractivity contribution in [3.63, 3.8) is 0 Å². The highest BCUT2D eigenvalue weighted by Gasteiger charge is 2.15. The lowest BCUT2D eigenvalue weighted by Gasteiger charge is -2.23. The minimum atomic E-state index is -0.101. The Balaban J connectivity index is 4.45. The predicted molar refractivity (Wildman–Crippen MR) is 113 cm³/mol. The highest BCUT2D eigenvalue weighted by molar-refractivity contribution is 7.99. The number of hydrogen-bond donors (Lipinski definition) is 1. The van der Waals surface area contributed by atoms with Crippen molar-refractivity contribution < 1.29 is 19.2 Å². The fourth-order valence-electron chi connectivity index (χ4n) is 2.21. The molecule has 0 rings (SSSR count). The van der Waals surface area contributed by atoms with E-state index < -0.39 is 0 Å². The first kappa shape index (κ1) is 25.3. The van der Waals surface area contributed by atoms with Crippen LogP contribution in [0.1, 0.15) is 25.7 Å². The number of amides is 2. The van der Waals surface area contributed by atoms with Gasteiger partial charge in [-0.15, -0.1) is 0 Å². The largest absolute Gasteiger partial charge is 0.354 e. The summed E-state index contributed by atoms with van der Waals surface area (Å²) in [6.45, 7) is 1.24. The molecule has 0 saturated carbocycles. The van der Waals surface area contributed by atoms with E-state index in [1.165, 1.54) is 35.3 Å². The molecule has 0 aromatic heterocycles. The molecule has 0 aliphatic rings. The van der Waals surface area contributed by atoms with Crippen molar-refractivity contribution in [2.45, 2.75) is 25.7 Å². The molecule has 0 fully saturated rings. The number of hydrogen-bond acceptors (Lipinski definition) is 7. The normalized spacial score (nSPS) is 10.4. The lowest BCUT2D eigenvalue weighted by molar-refractivity contribution is -0.133. The summed E-state index contributed by atoms with van der Waals surface area (Å²) in [5.41, 5.74) is 0. The van der Waals surface area contributed by atoms with E-state index in [4.69, 9.17) is 0 Å². The van der Waals surface area contributed by atoms with Gasteiger partial charge in [0.2, 0.25) is 11.8 Å². The summed E-state index contributed by atoms with van der Waals surface area (Å²) in [7, 11) is 0. The number of nitrogens with one attached hydrogen (secondary N) is 1. The number of carbonyl (C=O) groups excluding carboxylic acids is 4. The van der Waals surface area contributed by atoms with Crippen molar-refractivity contribution in [2.75, 3.05) is 55.7 Å². The molecule has 6 nitrogen and oxygen atoms in total. The van der Waals surface area contributed by atoms with Crippen LogP contribution in [0, 0.1) is 0 Å². The molecule has 150 valence electrons. The smallest absolute Gasteiger partial charge is 0.230 e. The van der Waals surface area contributed by atoms with Gasteiger partial charge >= 0.3 is 0 Å². The predicted octanol–water partition coefficient (Wildman–Crippen LogP) is 1.72. The Morgan fingerprint density at radius 3 is 1.92 bits per heavy atom. The molecule has 2 amide bonds.